The molecule has 0 bridgehead atoms. The number of furan rings is 1. The summed E-state index contributed by atoms with van der Waals surface area (Å²) in [4.78, 5) is 21.0. The van der Waals surface area contributed by atoms with Gasteiger partial charge in [-0.3, -0.25) is 9.78 Å². The van der Waals surface area contributed by atoms with Gasteiger partial charge in [0.2, 0.25) is 0 Å². The topological polar surface area (TPSA) is 73.0 Å². The van der Waals surface area contributed by atoms with Crippen LogP contribution in [0.15, 0.2) is 65.6 Å². The van der Waals surface area contributed by atoms with Crippen LogP contribution < -0.4 is 5.32 Å². The van der Waals surface area contributed by atoms with Crippen molar-refractivity contribution in [1.82, 2.24) is 14.5 Å². The molecule has 4 aromatic rings. The Morgan fingerprint density at radius 1 is 1.09 bits per heavy atom. The standard InChI is InChI=1S/C25H22F2N4O2/c1-25(11-2-3-12-25)31-15-29-22(16-4-6-17(26)7-5-16)23(31)20-8-9-21(33-20)24(32)30-19-10-13-28-14-18(19)27/h4-10,13-15H,2-3,11-12H2,1H3,(H,28,30,32). The highest BCUT2D eigenvalue weighted by Crippen LogP contribution is 2.42. The maximum atomic E-state index is 13.9. The average molecular weight is 448 g/mol. The van der Waals surface area contributed by atoms with Crippen molar-refractivity contribution in [3.63, 3.8) is 0 Å². The maximum absolute atomic E-state index is 13.9. The van der Waals surface area contributed by atoms with Crippen LogP contribution in [-0.4, -0.2) is 20.4 Å². The molecular weight excluding hydrogens is 426 g/mol. The van der Waals surface area contributed by atoms with Crippen LogP contribution in [0.25, 0.3) is 22.7 Å². The zero-order valence-corrected chi connectivity index (χ0v) is 18.0. The van der Waals surface area contributed by atoms with Crippen LogP contribution in [0.1, 0.15) is 43.2 Å². The van der Waals surface area contributed by atoms with Gasteiger partial charge in [-0.15, -0.1) is 0 Å². The SMILES string of the molecule is CC1(n2cnc(-c3ccc(F)cc3)c2-c2ccc(C(=O)Nc3ccncc3F)o2)CCCC1. The maximum Gasteiger partial charge on any atom is 0.291 e. The lowest BCUT2D eigenvalue weighted by Gasteiger charge is -2.27. The van der Waals surface area contributed by atoms with Gasteiger partial charge in [-0.05, 0) is 62.2 Å². The third kappa shape index (κ3) is 3.92. The highest BCUT2D eigenvalue weighted by molar-refractivity contribution is 6.02. The average Bonchev–Trinajstić information content (AvgIpc) is 3.55. The van der Waals surface area contributed by atoms with Gasteiger partial charge in [-0.1, -0.05) is 12.8 Å². The van der Waals surface area contributed by atoms with Gasteiger partial charge in [-0.2, -0.15) is 0 Å². The van der Waals surface area contributed by atoms with Crippen LogP contribution in [-0.2, 0) is 5.54 Å². The molecule has 168 valence electrons. The molecule has 0 radical (unpaired) electrons. The minimum absolute atomic E-state index is 0.0171. The molecule has 33 heavy (non-hydrogen) atoms. The number of amides is 1. The lowest BCUT2D eigenvalue weighted by Crippen LogP contribution is -2.26. The van der Waals surface area contributed by atoms with Crippen LogP contribution in [0.3, 0.4) is 0 Å². The number of hydrogen-bond acceptors (Lipinski definition) is 4. The largest absolute Gasteiger partial charge is 0.449 e. The molecule has 1 aliphatic rings. The van der Waals surface area contributed by atoms with E-state index < -0.39 is 11.7 Å². The number of nitrogens with zero attached hydrogens (tertiary/aromatic N) is 3. The van der Waals surface area contributed by atoms with E-state index in [1.165, 1.54) is 24.4 Å². The van der Waals surface area contributed by atoms with Crippen LogP contribution >= 0.6 is 0 Å². The van der Waals surface area contributed by atoms with Crippen LogP contribution in [0.2, 0.25) is 0 Å². The minimum atomic E-state index is -0.636. The van der Waals surface area contributed by atoms with Gasteiger partial charge in [0.05, 0.1) is 23.9 Å². The first-order valence-corrected chi connectivity index (χ1v) is 10.8. The number of anilines is 1. The molecule has 3 heterocycles. The van der Waals surface area contributed by atoms with Crippen LogP contribution in [0.5, 0.6) is 0 Å². The van der Waals surface area contributed by atoms with Crippen LogP contribution in [0, 0.1) is 11.6 Å². The highest BCUT2D eigenvalue weighted by Gasteiger charge is 2.34. The number of nitrogens with one attached hydrogen (secondary N) is 1. The minimum Gasteiger partial charge on any atom is -0.449 e. The first-order valence-electron chi connectivity index (χ1n) is 10.8. The number of hydrogen-bond donors (Lipinski definition) is 1. The summed E-state index contributed by atoms with van der Waals surface area (Å²) >= 11 is 0. The molecule has 0 saturated heterocycles. The van der Waals surface area contributed by atoms with Gasteiger partial charge >= 0.3 is 0 Å². The van der Waals surface area contributed by atoms with Gasteiger partial charge in [0.15, 0.2) is 17.3 Å². The number of carbonyl (C=O) groups is 1. The molecule has 0 aliphatic heterocycles. The van der Waals surface area contributed by atoms with Gasteiger partial charge in [0.1, 0.15) is 11.5 Å². The van der Waals surface area contributed by atoms with E-state index in [0.717, 1.165) is 43.1 Å². The number of halogens is 2. The summed E-state index contributed by atoms with van der Waals surface area (Å²) in [5, 5.41) is 2.50. The summed E-state index contributed by atoms with van der Waals surface area (Å²) in [5.74, 6) is -1.05. The molecule has 5 rings (SSSR count). The second kappa shape index (κ2) is 8.27. The fraction of sp³-hybridized carbons (Fsp3) is 0.240. The fourth-order valence-electron chi connectivity index (χ4n) is 4.44. The number of rotatable bonds is 5. The van der Waals surface area contributed by atoms with E-state index in [1.54, 1.807) is 30.6 Å². The van der Waals surface area contributed by atoms with E-state index >= 15 is 0 Å². The number of imidazole rings is 1. The Bertz CT molecular complexity index is 1300. The van der Waals surface area contributed by atoms with Crippen molar-refractivity contribution in [2.24, 2.45) is 0 Å². The van der Waals surface area contributed by atoms with Gasteiger partial charge in [0.25, 0.3) is 5.91 Å². The lowest BCUT2D eigenvalue weighted by molar-refractivity contribution is 0.0997. The monoisotopic (exact) mass is 448 g/mol. The Labute approximate surface area is 189 Å². The normalized spacial score (nSPS) is 15.0. The third-order valence-corrected chi connectivity index (χ3v) is 6.23. The van der Waals surface area contributed by atoms with E-state index in [0.29, 0.717) is 11.5 Å². The smallest absolute Gasteiger partial charge is 0.291 e. The zero-order valence-electron chi connectivity index (χ0n) is 18.0. The molecule has 1 amide bonds. The summed E-state index contributed by atoms with van der Waals surface area (Å²) in [6.45, 7) is 2.18. The quantitative estimate of drug-likeness (QED) is 0.405. The van der Waals surface area contributed by atoms with Crippen LogP contribution in [0.4, 0.5) is 14.5 Å². The van der Waals surface area contributed by atoms with Crippen molar-refractivity contribution >= 4 is 11.6 Å². The summed E-state index contributed by atoms with van der Waals surface area (Å²) in [6.07, 6.45) is 8.42. The van der Waals surface area contributed by atoms with Crippen molar-refractivity contribution < 1.29 is 18.0 Å². The number of pyridine rings is 1. The molecule has 3 aromatic heterocycles. The Hall–Kier alpha value is -3.81. The summed E-state index contributed by atoms with van der Waals surface area (Å²) < 4.78 is 35.5. The lowest BCUT2D eigenvalue weighted by atomic mass is 9.99. The number of carbonyl (C=O) groups excluding carboxylic acids is 1. The number of aromatic nitrogens is 3. The first kappa shape index (κ1) is 21.1. The van der Waals surface area contributed by atoms with Crippen molar-refractivity contribution in [2.45, 2.75) is 38.1 Å². The van der Waals surface area contributed by atoms with E-state index in [-0.39, 0.29) is 22.8 Å². The van der Waals surface area contributed by atoms with Crippen molar-refractivity contribution in [1.29, 1.82) is 0 Å². The predicted octanol–water partition coefficient (Wildman–Crippen LogP) is 6.02. The fourth-order valence-corrected chi connectivity index (χ4v) is 4.44. The van der Waals surface area contributed by atoms with Gasteiger partial charge in [0, 0.05) is 17.3 Å². The second-order valence-corrected chi connectivity index (χ2v) is 8.50. The van der Waals surface area contributed by atoms with Gasteiger partial charge < -0.3 is 14.3 Å². The van der Waals surface area contributed by atoms with Crippen molar-refractivity contribution in [2.75, 3.05) is 5.32 Å². The zero-order chi connectivity index (χ0) is 23.0. The summed E-state index contributed by atoms with van der Waals surface area (Å²) in [7, 11) is 0. The molecule has 1 aromatic carbocycles. The molecular formula is C25H22F2N4O2. The molecule has 8 heteroatoms. The summed E-state index contributed by atoms with van der Waals surface area (Å²) in [6, 6.07) is 10.7. The Morgan fingerprint density at radius 3 is 2.58 bits per heavy atom. The highest BCUT2D eigenvalue weighted by atomic mass is 19.1. The molecule has 1 fully saturated rings. The Kier molecular flexibility index (Phi) is 5.28. The Morgan fingerprint density at radius 2 is 1.85 bits per heavy atom. The molecule has 0 spiro atoms. The summed E-state index contributed by atoms with van der Waals surface area (Å²) in [5.41, 5.74) is 1.98. The van der Waals surface area contributed by atoms with E-state index in [9.17, 15) is 13.6 Å². The van der Waals surface area contributed by atoms with Crippen molar-refractivity contribution in [3.05, 3.63) is 78.6 Å². The Balaban J connectivity index is 1.55. The third-order valence-electron chi connectivity index (χ3n) is 6.23. The van der Waals surface area contributed by atoms with E-state index in [4.69, 9.17) is 4.42 Å². The first-order chi connectivity index (χ1) is 15.9. The molecule has 1 aliphatic carbocycles. The molecule has 1 N–H and O–H groups in total. The van der Waals surface area contributed by atoms with Crippen molar-refractivity contribution in [3.8, 4) is 22.7 Å². The number of benzene rings is 1. The molecule has 6 nitrogen and oxygen atoms in total. The predicted molar refractivity (Wildman–Crippen MR) is 120 cm³/mol. The molecule has 1 saturated carbocycles. The van der Waals surface area contributed by atoms with E-state index in [2.05, 4.69) is 26.8 Å². The van der Waals surface area contributed by atoms with Gasteiger partial charge in [-0.25, -0.2) is 13.8 Å². The van der Waals surface area contributed by atoms with E-state index in [1.807, 2.05) is 0 Å². The second-order valence-electron chi connectivity index (χ2n) is 8.50. The molecule has 0 atom stereocenters. The molecule has 0 unspecified atom stereocenters.